The highest BCUT2D eigenvalue weighted by Gasteiger charge is 1.75. The number of hydrogen-bond donors (Lipinski definition) is 0. The van der Waals surface area contributed by atoms with Crippen molar-refractivity contribution in [2.24, 2.45) is 0 Å². The van der Waals surface area contributed by atoms with Gasteiger partial charge in [0.15, 0.2) is 0 Å². The van der Waals surface area contributed by atoms with Crippen molar-refractivity contribution in [3.05, 3.63) is 24.2 Å². The van der Waals surface area contributed by atoms with Gasteiger partial charge in [-0.1, -0.05) is 33.1 Å². The second-order valence-electron chi connectivity index (χ2n) is 2.58. The Bertz CT molecular complexity index is 140. The molecule has 1 aromatic heterocycles. The third-order valence-corrected chi connectivity index (χ3v) is 1.37. The van der Waals surface area contributed by atoms with Crippen LogP contribution in [0.1, 0.15) is 38.9 Å². The highest BCUT2D eigenvalue weighted by molar-refractivity contribution is 4.93. The number of furan rings is 1. The summed E-state index contributed by atoms with van der Waals surface area (Å²) < 4.78 is 4.83. The molecule has 64 valence electrons. The van der Waals surface area contributed by atoms with E-state index < -0.39 is 0 Å². The Kier molecular flexibility index (Phi) is 6.90. The van der Waals surface area contributed by atoms with E-state index in [-0.39, 0.29) is 0 Å². The summed E-state index contributed by atoms with van der Waals surface area (Å²) in [7, 11) is 0. The van der Waals surface area contributed by atoms with E-state index in [1.54, 1.807) is 6.26 Å². The van der Waals surface area contributed by atoms with E-state index in [1.165, 1.54) is 19.3 Å². The lowest BCUT2D eigenvalue weighted by Crippen LogP contribution is -1.59. The van der Waals surface area contributed by atoms with E-state index in [0.29, 0.717) is 0 Å². The highest BCUT2D eigenvalue weighted by Crippen LogP contribution is 1.93. The van der Waals surface area contributed by atoms with Gasteiger partial charge in [-0.3, -0.25) is 0 Å². The van der Waals surface area contributed by atoms with Gasteiger partial charge in [-0.15, -0.1) is 0 Å². The van der Waals surface area contributed by atoms with Gasteiger partial charge in [0.2, 0.25) is 0 Å². The van der Waals surface area contributed by atoms with Crippen LogP contribution in [-0.4, -0.2) is 0 Å². The van der Waals surface area contributed by atoms with Crippen LogP contribution >= 0.6 is 0 Å². The molecule has 0 aliphatic carbocycles. The molecular weight excluding hydrogens is 136 g/mol. The molecule has 1 heterocycles. The molecule has 0 aliphatic heterocycles. The normalized spacial score (nSPS) is 8.64. The molecule has 0 N–H and O–H groups in total. The first kappa shape index (κ1) is 10.3. The molecule has 1 nitrogen and oxygen atoms in total. The number of unbranched alkanes of at least 4 members (excludes halogenated alkanes) is 2. The molecule has 0 spiro atoms. The van der Waals surface area contributed by atoms with Crippen LogP contribution in [0.2, 0.25) is 0 Å². The van der Waals surface area contributed by atoms with Crippen LogP contribution in [0.5, 0.6) is 0 Å². The Morgan fingerprint density at radius 3 is 2.00 bits per heavy atom. The van der Waals surface area contributed by atoms with E-state index in [0.717, 1.165) is 5.76 Å². The van der Waals surface area contributed by atoms with Crippen LogP contribution in [0.25, 0.3) is 0 Å². The fourth-order valence-electron chi connectivity index (χ4n) is 0.714. The third-order valence-electron chi connectivity index (χ3n) is 1.37. The Labute approximate surface area is 69.4 Å². The predicted octanol–water partition coefficient (Wildman–Crippen LogP) is 3.78. The van der Waals surface area contributed by atoms with E-state index in [4.69, 9.17) is 4.42 Å². The lowest BCUT2D eigenvalue weighted by molar-refractivity contribution is 0.534. The molecule has 0 radical (unpaired) electrons. The standard InChI is InChI=1S/C5H6O.C5H12/c1-5-3-2-4-6-5;1-3-5-4-2/h2-4H,1H3;3-5H2,1-2H3. The zero-order valence-corrected chi connectivity index (χ0v) is 7.76. The fraction of sp³-hybridized carbons (Fsp3) is 0.600. The maximum atomic E-state index is 4.83. The van der Waals surface area contributed by atoms with Crippen LogP contribution in [0.15, 0.2) is 22.8 Å². The van der Waals surface area contributed by atoms with E-state index >= 15 is 0 Å². The maximum absolute atomic E-state index is 4.83. The Hall–Kier alpha value is -0.720. The van der Waals surface area contributed by atoms with Crippen LogP contribution in [0, 0.1) is 6.92 Å². The van der Waals surface area contributed by atoms with E-state index in [2.05, 4.69) is 13.8 Å². The minimum atomic E-state index is 0.968. The van der Waals surface area contributed by atoms with Gasteiger partial charge in [0.25, 0.3) is 0 Å². The zero-order valence-electron chi connectivity index (χ0n) is 7.76. The molecule has 0 fully saturated rings. The van der Waals surface area contributed by atoms with Gasteiger partial charge in [0, 0.05) is 0 Å². The van der Waals surface area contributed by atoms with Gasteiger partial charge in [-0.05, 0) is 19.1 Å². The summed E-state index contributed by atoms with van der Waals surface area (Å²) in [6, 6.07) is 3.79. The SMILES string of the molecule is CCCCC.Cc1ccco1. The van der Waals surface area contributed by atoms with Crippen molar-refractivity contribution in [1.29, 1.82) is 0 Å². The molecule has 1 rings (SSSR count). The lowest BCUT2D eigenvalue weighted by atomic mass is 10.3. The van der Waals surface area contributed by atoms with Gasteiger partial charge in [-0.25, -0.2) is 0 Å². The first-order valence-electron chi connectivity index (χ1n) is 4.31. The Morgan fingerprint density at radius 2 is 1.91 bits per heavy atom. The van der Waals surface area contributed by atoms with Crippen molar-refractivity contribution in [2.75, 3.05) is 0 Å². The molecule has 1 aromatic rings. The Morgan fingerprint density at radius 1 is 1.27 bits per heavy atom. The topological polar surface area (TPSA) is 13.1 Å². The van der Waals surface area contributed by atoms with E-state index in [9.17, 15) is 0 Å². The van der Waals surface area contributed by atoms with Gasteiger partial charge in [0.1, 0.15) is 5.76 Å². The average Bonchev–Trinajstić information content (AvgIpc) is 2.43. The Balaban J connectivity index is 0.000000187. The quantitative estimate of drug-likeness (QED) is 0.631. The molecule has 0 saturated heterocycles. The van der Waals surface area contributed by atoms with Crippen molar-refractivity contribution in [2.45, 2.75) is 40.0 Å². The summed E-state index contributed by atoms with van der Waals surface area (Å²) in [4.78, 5) is 0. The highest BCUT2D eigenvalue weighted by atomic mass is 16.3. The molecule has 0 saturated carbocycles. The molecule has 0 amide bonds. The first-order valence-corrected chi connectivity index (χ1v) is 4.31. The molecule has 1 heteroatoms. The largest absolute Gasteiger partial charge is 0.470 e. The van der Waals surface area contributed by atoms with Gasteiger partial charge < -0.3 is 4.42 Å². The second kappa shape index (κ2) is 7.39. The molecule has 0 aliphatic rings. The van der Waals surface area contributed by atoms with Crippen LogP contribution in [-0.2, 0) is 0 Å². The van der Waals surface area contributed by atoms with E-state index in [1.807, 2.05) is 19.1 Å². The van der Waals surface area contributed by atoms with Gasteiger partial charge >= 0.3 is 0 Å². The van der Waals surface area contributed by atoms with Crippen LogP contribution in [0.3, 0.4) is 0 Å². The van der Waals surface area contributed by atoms with Crippen LogP contribution in [0.4, 0.5) is 0 Å². The summed E-state index contributed by atoms with van der Waals surface area (Å²) in [6.07, 6.45) is 5.74. The maximum Gasteiger partial charge on any atom is 0.100 e. The smallest absolute Gasteiger partial charge is 0.100 e. The van der Waals surface area contributed by atoms with Gasteiger partial charge in [-0.2, -0.15) is 0 Å². The molecule has 11 heavy (non-hydrogen) atoms. The molecule has 0 aromatic carbocycles. The minimum absolute atomic E-state index is 0.968. The van der Waals surface area contributed by atoms with Crippen LogP contribution < -0.4 is 0 Å². The molecule has 0 bridgehead atoms. The monoisotopic (exact) mass is 154 g/mol. The number of aryl methyl sites for hydroxylation is 1. The average molecular weight is 154 g/mol. The lowest BCUT2D eigenvalue weighted by Gasteiger charge is -1.79. The summed E-state index contributed by atoms with van der Waals surface area (Å²) in [5.74, 6) is 0.968. The molecular formula is C10H18O. The number of hydrogen-bond acceptors (Lipinski definition) is 1. The van der Waals surface area contributed by atoms with Crippen molar-refractivity contribution in [3.63, 3.8) is 0 Å². The predicted molar refractivity (Wildman–Crippen MR) is 48.6 cm³/mol. The van der Waals surface area contributed by atoms with Gasteiger partial charge in [0.05, 0.1) is 6.26 Å². The fourth-order valence-corrected chi connectivity index (χ4v) is 0.714. The molecule has 0 atom stereocenters. The summed E-state index contributed by atoms with van der Waals surface area (Å²) in [5.41, 5.74) is 0. The summed E-state index contributed by atoms with van der Waals surface area (Å²) in [5, 5.41) is 0. The summed E-state index contributed by atoms with van der Waals surface area (Å²) in [6.45, 7) is 6.34. The summed E-state index contributed by atoms with van der Waals surface area (Å²) >= 11 is 0. The zero-order chi connectivity index (χ0) is 8.53. The number of rotatable bonds is 2. The second-order valence-corrected chi connectivity index (χ2v) is 2.58. The van der Waals surface area contributed by atoms with Crippen molar-refractivity contribution in [1.82, 2.24) is 0 Å². The van der Waals surface area contributed by atoms with Crippen molar-refractivity contribution in [3.8, 4) is 0 Å². The minimum Gasteiger partial charge on any atom is -0.470 e. The first-order chi connectivity index (χ1) is 5.31. The molecule has 0 unspecified atom stereocenters. The van der Waals surface area contributed by atoms with Crippen molar-refractivity contribution >= 4 is 0 Å². The third kappa shape index (κ3) is 7.17. The van der Waals surface area contributed by atoms with Crippen molar-refractivity contribution < 1.29 is 4.42 Å².